The lowest BCUT2D eigenvalue weighted by Crippen LogP contribution is -2.32. The molecule has 0 unspecified atom stereocenters. The number of carbonyl (C=O) groups excluding carboxylic acids is 2. The van der Waals surface area contributed by atoms with E-state index in [0.29, 0.717) is 18.7 Å². The van der Waals surface area contributed by atoms with Crippen LogP contribution < -0.4 is 19.8 Å². The summed E-state index contributed by atoms with van der Waals surface area (Å²) >= 11 is 0. The number of nitrogens with one attached hydrogen (secondary N) is 2. The molecule has 2 fully saturated rings. The fourth-order valence-electron chi connectivity index (χ4n) is 4.29. The molecule has 176 valence electrons. The van der Waals surface area contributed by atoms with Gasteiger partial charge in [0, 0.05) is 49.7 Å². The van der Waals surface area contributed by atoms with Gasteiger partial charge in [-0.2, -0.15) is 0 Å². The number of sulfonamides is 1. The minimum atomic E-state index is -3.83. The highest BCUT2D eigenvalue weighted by atomic mass is 32.2. The van der Waals surface area contributed by atoms with Crippen molar-refractivity contribution >= 4 is 38.9 Å². The number of amides is 2. The molecule has 0 saturated carbocycles. The number of carbonyl (C=O) groups is 2. The lowest BCUT2D eigenvalue weighted by atomic mass is 10.1. The third-order valence-corrected chi connectivity index (χ3v) is 7.16. The summed E-state index contributed by atoms with van der Waals surface area (Å²) in [6.45, 7) is 2.91. The first-order valence-electron chi connectivity index (χ1n) is 11.4. The maximum atomic E-state index is 12.4. The molecule has 4 rings (SSSR count). The Hall–Kier alpha value is -3.07. The predicted molar refractivity (Wildman–Crippen MR) is 130 cm³/mol. The molecule has 33 heavy (non-hydrogen) atoms. The molecule has 0 radical (unpaired) electrons. The summed E-state index contributed by atoms with van der Waals surface area (Å²) in [6.07, 6.45) is 4.98. The molecule has 2 aromatic rings. The Balaban J connectivity index is 1.28. The molecule has 2 saturated heterocycles. The number of anilines is 3. The van der Waals surface area contributed by atoms with Crippen LogP contribution in [0.4, 0.5) is 17.1 Å². The second-order valence-electron chi connectivity index (χ2n) is 8.55. The first kappa shape index (κ1) is 23.1. The second kappa shape index (κ2) is 10.2. The predicted octanol–water partition coefficient (Wildman–Crippen LogP) is 2.86. The van der Waals surface area contributed by atoms with Crippen LogP contribution in [-0.4, -0.2) is 45.6 Å². The largest absolute Gasteiger partial charge is 0.372 e. The van der Waals surface area contributed by atoms with Crippen molar-refractivity contribution in [1.82, 2.24) is 5.32 Å². The Kier molecular flexibility index (Phi) is 7.17. The zero-order valence-electron chi connectivity index (χ0n) is 18.6. The molecule has 8 nitrogen and oxygen atoms in total. The molecule has 0 aliphatic carbocycles. The van der Waals surface area contributed by atoms with Gasteiger partial charge in [0.05, 0.1) is 0 Å². The van der Waals surface area contributed by atoms with E-state index < -0.39 is 21.7 Å². The van der Waals surface area contributed by atoms with Gasteiger partial charge in [-0.25, -0.2) is 8.42 Å². The Bertz CT molecular complexity index is 1100. The molecule has 2 amide bonds. The second-order valence-corrected chi connectivity index (χ2v) is 10.3. The van der Waals surface area contributed by atoms with E-state index in [1.54, 1.807) is 17.0 Å². The molecule has 2 aliphatic heterocycles. The fraction of sp³-hybridized carbons (Fsp3) is 0.417. The normalized spacial score (nSPS) is 16.7. The lowest BCUT2D eigenvalue weighted by Gasteiger charge is -2.28. The van der Waals surface area contributed by atoms with Gasteiger partial charge in [0.25, 0.3) is 0 Å². The van der Waals surface area contributed by atoms with Crippen molar-refractivity contribution in [3.8, 4) is 0 Å². The summed E-state index contributed by atoms with van der Waals surface area (Å²) in [4.78, 5) is 28.2. The summed E-state index contributed by atoms with van der Waals surface area (Å²) < 4.78 is 27.4. The Labute approximate surface area is 195 Å². The van der Waals surface area contributed by atoms with Gasteiger partial charge < -0.3 is 15.1 Å². The van der Waals surface area contributed by atoms with Crippen LogP contribution in [0.2, 0.25) is 0 Å². The smallest absolute Gasteiger partial charge is 0.241 e. The maximum Gasteiger partial charge on any atom is 0.241 e. The van der Waals surface area contributed by atoms with E-state index in [1.165, 1.54) is 19.3 Å². The van der Waals surface area contributed by atoms with Crippen molar-refractivity contribution in [3.63, 3.8) is 0 Å². The number of benzene rings is 2. The van der Waals surface area contributed by atoms with E-state index >= 15 is 0 Å². The van der Waals surface area contributed by atoms with Crippen LogP contribution in [0, 0.1) is 0 Å². The van der Waals surface area contributed by atoms with Gasteiger partial charge in [0.2, 0.25) is 21.8 Å². The molecule has 2 N–H and O–H groups in total. The first-order valence-corrected chi connectivity index (χ1v) is 13.1. The van der Waals surface area contributed by atoms with Crippen molar-refractivity contribution in [2.45, 2.75) is 38.6 Å². The summed E-state index contributed by atoms with van der Waals surface area (Å²) in [5, 5.41) is 2.65. The van der Waals surface area contributed by atoms with E-state index in [2.05, 4.69) is 14.9 Å². The van der Waals surface area contributed by atoms with Crippen molar-refractivity contribution in [2.75, 3.05) is 39.9 Å². The highest BCUT2D eigenvalue weighted by Gasteiger charge is 2.22. The van der Waals surface area contributed by atoms with Crippen LogP contribution in [0.3, 0.4) is 0 Å². The van der Waals surface area contributed by atoms with Crippen molar-refractivity contribution in [3.05, 3.63) is 54.1 Å². The lowest BCUT2D eigenvalue weighted by molar-refractivity contribution is -0.119. The maximum absolute atomic E-state index is 12.4. The van der Waals surface area contributed by atoms with Crippen LogP contribution in [0.1, 0.15) is 37.7 Å². The van der Waals surface area contributed by atoms with Crippen molar-refractivity contribution in [1.29, 1.82) is 0 Å². The number of hydrogen-bond acceptors (Lipinski definition) is 5. The van der Waals surface area contributed by atoms with Gasteiger partial charge in [0.15, 0.2) is 0 Å². The molecular weight excluding hydrogens is 440 g/mol. The first-order chi connectivity index (χ1) is 15.9. The monoisotopic (exact) mass is 470 g/mol. The summed E-state index contributed by atoms with van der Waals surface area (Å²) in [6, 6.07) is 14.6. The number of rotatable bonds is 8. The Morgan fingerprint density at radius 3 is 2.36 bits per heavy atom. The van der Waals surface area contributed by atoms with Gasteiger partial charge >= 0.3 is 0 Å². The third kappa shape index (κ3) is 6.25. The molecule has 0 atom stereocenters. The number of nitrogens with zero attached hydrogens (tertiary/aromatic N) is 2. The average molecular weight is 471 g/mol. The molecule has 2 aromatic carbocycles. The highest BCUT2D eigenvalue weighted by molar-refractivity contribution is 7.93. The number of hydrogen-bond donors (Lipinski definition) is 2. The minimum Gasteiger partial charge on any atom is -0.372 e. The molecular formula is C24H30N4O4S. The molecule has 0 aromatic heterocycles. The quantitative estimate of drug-likeness (QED) is 0.618. The van der Waals surface area contributed by atoms with E-state index in [4.69, 9.17) is 0 Å². The van der Waals surface area contributed by atoms with Crippen LogP contribution in [-0.2, 0) is 26.2 Å². The summed E-state index contributed by atoms with van der Waals surface area (Å²) in [5.74, 6) is -1.15. The highest BCUT2D eigenvalue weighted by Crippen LogP contribution is 2.23. The van der Waals surface area contributed by atoms with Crippen LogP contribution in [0.25, 0.3) is 0 Å². The Morgan fingerprint density at radius 1 is 0.909 bits per heavy atom. The number of piperidine rings is 1. The van der Waals surface area contributed by atoms with E-state index in [0.717, 1.165) is 36.4 Å². The fourth-order valence-corrected chi connectivity index (χ4v) is 5.30. The van der Waals surface area contributed by atoms with Gasteiger partial charge in [-0.05, 0) is 67.6 Å². The molecule has 0 spiro atoms. The van der Waals surface area contributed by atoms with Crippen LogP contribution in [0.5, 0.6) is 0 Å². The van der Waals surface area contributed by atoms with Crippen molar-refractivity contribution in [2.24, 2.45) is 0 Å². The van der Waals surface area contributed by atoms with Gasteiger partial charge in [-0.15, -0.1) is 0 Å². The van der Waals surface area contributed by atoms with Gasteiger partial charge in [-0.1, -0.05) is 12.1 Å². The zero-order chi connectivity index (χ0) is 23.3. The van der Waals surface area contributed by atoms with Crippen molar-refractivity contribution < 1.29 is 18.0 Å². The molecule has 2 aliphatic rings. The topological polar surface area (TPSA) is 98.8 Å². The zero-order valence-corrected chi connectivity index (χ0v) is 19.4. The Morgan fingerprint density at radius 2 is 1.67 bits per heavy atom. The van der Waals surface area contributed by atoms with Gasteiger partial charge in [-0.3, -0.25) is 14.3 Å². The molecule has 2 heterocycles. The standard InChI is InChI=1S/C24H30N4O4S/c29-23(25-17-19-6-4-7-22(16-19)28-15-5-8-24(28)30)18-33(31,32)26-20-9-11-21(12-10-20)27-13-2-1-3-14-27/h4,6-7,9-12,16,26H,1-3,5,8,13-15,17-18H2,(H,25,29). The summed E-state index contributed by atoms with van der Waals surface area (Å²) in [7, 11) is -3.83. The van der Waals surface area contributed by atoms with E-state index in [-0.39, 0.29) is 12.5 Å². The minimum absolute atomic E-state index is 0.0947. The summed E-state index contributed by atoms with van der Waals surface area (Å²) in [5.41, 5.74) is 3.12. The SMILES string of the molecule is O=C(CS(=O)(=O)Nc1ccc(N2CCCCC2)cc1)NCc1cccc(N2CCCC2=O)c1. The van der Waals surface area contributed by atoms with Gasteiger partial charge in [0.1, 0.15) is 5.75 Å². The third-order valence-electron chi connectivity index (χ3n) is 5.97. The average Bonchev–Trinajstić information content (AvgIpc) is 3.24. The van der Waals surface area contributed by atoms with E-state index in [9.17, 15) is 18.0 Å². The molecule has 9 heteroatoms. The van der Waals surface area contributed by atoms with Crippen LogP contribution in [0.15, 0.2) is 48.5 Å². The molecule has 0 bridgehead atoms. The van der Waals surface area contributed by atoms with Crippen LogP contribution >= 0.6 is 0 Å². The van der Waals surface area contributed by atoms with E-state index in [1.807, 2.05) is 36.4 Å².